The third kappa shape index (κ3) is 3.32. The third-order valence-electron chi connectivity index (χ3n) is 1.87. The lowest BCUT2D eigenvalue weighted by Gasteiger charge is -2.11. The van der Waals surface area contributed by atoms with Crippen LogP contribution in [0.15, 0.2) is 0 Å². The molecule has 5 heteroatoms. The molecule has 0 saturated carbocycles. The fourth-order valence-electron chi connectivity index (χ4n) is 1.28. The molecule has 0 aromatic heterocycles. The Hall–Kier alpha value is -0.420. The molecule has 2 atom stereocenters. The van der Waals surface area contributed by atoms with Gasteiger partial charge in [-0.2, -0.15) is 0 Å². The predicted octanol–water partition coefficient (Wildman–Crippen LogP) is -0.462. The van der Waals surface area contributed by atoms with Crippen molar-refractivity contribution in [1.82, 2.24) is 10.0 Å². The summed E-state index contributed by atoms with van der Waals surface area (Å²) in [6, 6.07) is 0.217. The highest BCUT2D eigenvalue weighted by Gasteiger charge is 2.15. The molecular weight excluding hydrogens is 176 g/mol. The summed E-state index contributed by atoms with van der Waals surface area (Å²) < 4.78 is 13.7. The van der Waals surface area contributed by atoms with E-state index < -0.39 is 11.0 Å². The molecule has 0 aliphatic carbocycles. The van der Waals surface area contributed by atoms with Gasteiger partial charge in [-0.25, -0.2) is 8.93 Å². The van der Waals surface area contributed by atoms with E-state index in [-0.39, 0.29) is 11.9 Å². The van der Waals surface area contributed by atoms with Gasteiger partial charge < -0.3 is 5.32 Å². The highest BCUT2D eigenvalue weighted by molar-refractivity contribution is 7.82. The number of hydrogen-bond acceptors (Lipinski definition) is 2. The van der Waals surface area contributed by atoms with E-state index in [0.29, 0.717) is 13.0 Å². The van der Waals surface area contributed by atoms with Crippen LogP contribution in [0.1, 0.15) is 19.3 Å². The van der Waals surface area contributed by atoms with Crippen LogP contribution in [-0.2, 0) is 15.8 Å². The van der Waals surface area contributed by atoms with Crippen LogP contribution in [0, 0.1) is 0 Å². The maximum Gasteiger partial charge on any atom is 0.220 e. The second-order valence-electron chi connectivity index (χ2n) is 2.95. The Balaban J connectivity index is 2.35. The SMILES string of the molecule is CS(=O)NC1CCNC(=O)CC1. The molecule has 1 fully saturated rings. The van der Waals surface area contributed by atoms with Crippen LogP contribution in [0.4, 0.5) is 0 Å². The monoisotopic (exact) mass is 190 g/mol. The van der Waals surface area contributed by atoms with Crippen molar-refractivity contribution in [2.45, 2.75) is 25.3 Å². The van der Waals surface area contributed by atoms with Crippen LogP contribution in [0.5, 0.6) is 0 Å². The van der Waals surface area contributed by atoms with Crippen molar-refractivity contribution in [2.24, 2.45) is 0 Å². The Kier molecular flexibility index (Phi) is 3.68. The van der Waals surface area contributed by atoms with Gasteiger partial charge in [0.2, 0.25) is 5.91 Å². The standard InChI is InChI=1S/C7H14N2O2S/c1-12(11)9-6-2-3-7(10)8-5-4-6/h6,9H,2-5H2,1H3,(H,8,10). The fourth-order valence-corrected chi connectivity index (χ4v) is 1.98. The van der Waals surface area contributed by atoms with Gasteiger partial charge in [0.1, 0.15) is 0 Å². The van der Waals surface area contributed by atoms with E-state index in [4.69, 9.17) is 0 Å². The number of rotatable bonds is 2. The van der Waals surface area contributed by atoms with E-state index in [0.717, 1.165) is 12.8 Å². The van der Waals surface area contributed by atoms with Crippen molar-refractivity contribution in [3.63, 3.8) is 0 Å². The van der Waals surface area contributed by atoms with E-state index in [9.17, 15) is 9.00 Å². The van der Waals surface area contributed by atoms with Gasteiger partial charge in [-0.1, -0.05) is 0 Å². The number of nitrogens with one attached hydrogen (secondary N) is 2. The molecule has 0 bridgehead atoms. The van der Waals surface area contributed by atoms with Gasteiger partial charge in [0.25, 0.3) is 0 Å². The summed E-state index contributed by atoms with van der Waals surface area (Å²) in [7, 11) is -0.971. The zero-order chi connectivity index (χ0) is 8.97. The lowest BCUT2D eigenvalue weighted by Crippen LogP contribution is -2.30. The van der Waals surface area contributed by atoms with Crippen LogP contribution in [-0.4, -0.2) is 29.0 Å². The molecule has 1 rings (SSSR count). The van der Waals surface area contributed by atoms with Crippen molar-refractivity contribution in [2.75, 3.05) is 12.8 Å². The van der Waals surface area contributed by atoms with E-state index in [2.05, 4.69) is 10.0 Å². The minimum absolute atomic E-state index is 0.0983. The molecule has 0 aromatic carbocycles. The zero-order valence-corrected chi connectivity index (χ0v) is 7.95. The summed E-state index contributed by atoms with van der Waals surface area (Å²) in [5.41, 5.74) is 0. The van der Waals surface area contributed by atoms with Crippen molar-refractivity contribution in [1.29, 1.82) is 0 Å². The molecule has 1 saturated heterocycles. The molecule has 1 heterocycles. The van der Waals surface area contributed by atoms with Crippen molar-refractivity contribution < 1.29 is 9.00 Å². The van der Waals surface area contributed by atoms with Gasteiger partial charge in [0.05, 0.1) is 11.0 Å². The summed E-state index contributed by atoms with van der Waals surface area (Å²) in [5, 5.41) is 2.77. The quantitative estimate of drug-likeness (QED) is 0.619. The number of carbonyl (C=O) groups excluding carboxylic acids is 1. The Labute approximate surface area is 74.7 Å². The van der Waals surface area contributed by atoms with Gasteiger partial charge in [0.15, 0.2) is 0 Å². The normalized spacial score (nSPS) is 27.4. The second kappa shape index (κ2) is 4.57. The molecule has 70 valence electrons. The lowest BCUT2D eigenvalue weighted by molar-refractivity contribution is -0.120. The van der Waals surface area contributed by atoms with E-state index in [1.807, 2.05) is 0 Å². The smallest absolute Gasteiger partial charge is 0.220 e. The molecule has 0 aromatic rings. The van der Waals surface area contributed by atoms with Gasteiger partial charge in [-0.3, -0.25) is 4.79 Å². The molecule has 12 heavy (non-hydrogen) atoms. The first kappa shape index (κ1) is 9.67. The summed E-state index contributed by atoms with van der Waals surface area (Å²) in [6.45, 7) is 0.688. The van der Waals surface area contributed by atoms with E-state index in [1.54, 1.807) is 6.26 Å². The lowest BCUT2D eigenvalue weighted by atomic mass is 10.1. The van der Waals surface area contributed by atoms with Crippen LogP contribution in [0.25, 0.3) is 0 Å². The topological polar surface area (TPSA) is 58.2 Å². The molecule has 1 aliphatic rings. The van der Waals surface area contributed by atoms with Gasteiger partial charge in [0, 0.05) is 25.3 Å². The van der Waals surface area contributed by atoms with Crippen LogP contribution >= 0.6 is 0 Å². The molecule has 1 amide bonds. The summed E-state index contributed by atoms with van der Waals surface area (Å²) >= 11 is 0. The Bertz CT molecular complexity index is 196. The first-order valence-electron chi connectivity index (χ1n) is 4.05. The third-order valence-corrected chi connectivity index (χ3v) is 2.53. The van der Waals surface area contributed by atoms with E-state index >= 15 is 0 Å². The van der Waals surface area contributed by atoms with Crippen LogP contribution < -0.4 is 10.0 Å². The van der Waals surface area contributed by atoms with Crippen molar-refractivity contribution >= 4 is 16.9 Å². The number of hydrogen-bond donors (Lipinski definition) is 2. The highest BCUT2D eigenvalue weighted by atomic mass is 32.2. The molecule has 0 radical (unpaired) electrons. The second-order valence-corrected chi connectivity index (χ2v) is 4.09. The van der Waals surface area contributed by atoms with Crippen LogP contribution in [0.3, 0.4) is 0 Å². The van der Waals surface area contributed by atoms with Gasteiger partial charge in [-0.15, -0.1) is 0 Å². The highest BCUT2D eigenvalue weighted by Crippen LogP contribution is 2.05. The summed E-state index contributed by atoms with van der Waals surface area (Å²) in [6.07, 6.45) is 3.80. The Morgan fingerprint density at radius 2 is 2.33 bits per heavy atom. The fraction of sp³-hybridized carbons (Fsp3) is 0.857. The Morgan fingerprint density at radius 1 is 1.58 bits per heavy atom. The van der Waals surface area contributed by atoms with Crippen molar-refractivity contribution in [3.8, 4) is 0 Å². The zero-order valence-electron chi connectivity index (χ0n) is 7.13. The molecule has 2 N–H and O–H groups in total. The summed E-state index contributed by atoms with van der Waals surface area (Å²) in [4.78, 5) is 10.9. The maximum absolute atomic E-state index is 10.9. The average molecular weight is 190 g/mol. The van der Waals surface area contributed by atoms with Crippen LogP contribution in [0.2, 0.25) is 0 Å². The average Bonchev–Trinajstić information content (AvgIpc) is 2.15. The Morgan fingerprint density at radius 3 is 3.00 bits per heavy atom. The first-order valence-corrected chi connectivity index (χ1v) is 5.60. The first-order chi connectivity index (χ1) is 5.68. The van der Waals surface area contributed by atoms with Gasteiger partial charge >= 0.3 is 0 Å². The molecular formula is C7H14N2O2S. The number of carbonyl (C=O) groups is 1. The van der Waals surface area contributed by atoms with Gasteiger partial charge in [-0.05, 0) is 12.8 Å². The molecule has 2 unspecified atom stereocenters. The summed E-state index contributed by atoms with van der Waals surface area (Å²) in [5.74, 6) is 0.0983. The van der Waals surface area contributed by atoms with E-state index in [1.165, 1.54) is 0 Å². The molecule has 1 aliphatic heterocycles. The number of amides is 1. The molecule has 0 spiro atoms. The predicted molar refractivity (Wildman–Crippen MR) is 47.9 cm³/mol. The maximum atomic E-state index is 10.9. The minimum Gasteiger partial charge on any atom is -0.356 e. The molecule has 4 nitrogen and oxygen atoms in total. The van der Waals surface area contributed by atoms with Crippen molar-refractivity contribution in [3.05, 3.63) is 0 Å². The largest absolute Gasteiger partial charge is 0.356 e. The minimum atomic E-state index is -0.971.